The van der Waals surface area contributed by atoms with Crippen molar-refractivity contribution in [2.24, 2.45) is 0 Å². The summed E-state index contributed by atoms with van der Waals surface area (Å²) in [6, 6.07) is 2.05. The van der Waals surface area contributed by atoms with Gasteiger partial charge in [0.25, 0.3) is 0 Å². The van der Waals surface area contributed by atoms with E-state index in [9.17, 15) is 9.59 Å². The zero-order valence-corrected chi connectivity index (χ0v) is 14.3. The summed E-state index contributed by atoms with van der Waals surface area (Å²) in [5.74, 6) is -0.178. The fourth-order valence-electron chi connectivity index (χ4n) is 2.22. The zero-order valence-electron chi connectivity index (χ0n) is 13.4. The zero-order chi connectivity index (χ0) is 17.0. The number of amides is 1. The molecule has 2 aromatic heterocycles. The number of aromatic nitrogens is 2. The van der Waals surface area contributed by atoms with Gasteiger partial charge in [-0.2, -0.15) is 0 Å². The monoisotopic (exact) mass is 336 g/mol. The van der Waals surface area contributed by atoms with Crippen molar-refractivity contribution in [2.75, 3.05) is 32.1 Å². The lowest BCUT2D eigenvalue weighted by atomic mass is 10.3. The molecule has 0 saturated heterocycles. The Labute approximate surface area is 138 Å². The van der Waals surface area contributed by atoms with Crippen molar-refractivity contribution >= 4 is 39.2 Å². The van der Waals surface area contributed by atoms with Crippen LogP contribution in [-0.4, -0.2) is 59.0 Å². The smallest absolute Gasteiger partial charge is 0.305 e. The molecule has 2 rings (SSSR count). The Morgan fingerprint density at radius 2 is 1.96 bits per heavy atom. The number of carbonyl (C=O) groups is 2. The first kappa shape index (κ1) is 17.1. The van der Waals surface area contributed by atoms with Crippen molar-refractivity contribution in [3.63, 3.8) is 0 Å². The van der Waals surface area contributed by atoms with Crippen LogP contribution in [0.2, 0.25) is 0 Å². The van der Waals surface area contributed by atoms with Gasteiger partial charge < -0.3 is 14.9 Å². The lowest BCUT2D eigenvalue weighted by Gasteiger charge is -2.21. The molecule has 0 aliphatic carbocycles. The second-order valence-electron chi connectivity index (χ2n) is 5.40. The van der Waals surface area contributed by atoms with Gasteiger partial charge in [-0.15, -0.1) is 11.3 Å². The van der Waals surface area contributed by atoms with Gasteiger partial charge >= 0.3 is 5.97 Å². The Morgan fingerprint density at radius 3 is 2.65 bits per heavy atom. The highest BCUT2D eigenvalue weighted by atomic mass is 32.1. The first-order chi connectivity index (χ1) is 10.9. The van der Waals surface area contributed by atoms with Crippen LogP contribution in [-0.2, 0) is 9.59 Å². The summed E-state index contributed by atoms with van der Waals surface area (Å²) < 4.78 is 0. The minimum atomic E-state index is -0.905. The van der Waals surface area contributed by atoms with Crippen molar-refractivity contribution in [3.8, 4) is 0 Å². The molecule has 0 aliphatic rings. The highest BCUT2D eigenvalue weighted by molar-refractivity contribution is 7.18. The maximum Gasteiger partial charge on any atom is 0.305 e. The van der Waals surface area contributed by atoms with E-state index in [1.165, 1.54) is 16.1 Å². The fourth-order valence-corrected chi connectivity index (χ4v) is 3.06. The molecule has 1 amide bonds. The Hall–Kier alpha value is -2.22. The van der Waals surface area contributed by atoms with E-state index >= 15 is 0 Å². The van der Waals surface area contributed by atoms with Gasteiger partial charge in [-0.1, -0.05) is 0 Å². The quantitative estimate of drug-likeness (QED) is 0.829. The van der Waals surface area contributed by atoms with Crippen LogP contribution in [0.3, 0.4) is 0 Å². The van der Waals surface area contributed by atoms with Gasteiger partial charge in [0, 0.05) is 38.5 Å². The number of carbonyl (C=O) groups excluding carboxylic acids is 1. The van der Waals surface area contributed by atoms with Crippen molar-refractivity contribution in [3.05, 3.63) is 17.3 Å². The lowest BCUT2D eigenvalue weighted by molar-refractivity contribution is -0.138. The van der Waals surface area contributed by atoms with Gasteiger partial charge in [-0.3, -0.25) is 9.59 Å². The third-order valence-electron chi connectivity index (χ3n) is 3.54. The Kier molecular flexibility index (Phi) is 5.49. The molecule has 2 heterocycles. The van der Waals surface area contributed by atoms with Gasteiger partial charge in [0.2, 0.25) is 5.91 Å². The summed E-state index contributed by atoms with van der Waals surface area (Å²) in [5, 5.41) is 9.64. The Morgan fingerprint density at radius 1 is 1.22 bits per heavy atom. The molecule has 124 valence electrons. The van der Waals surface area contributed by atoms with E-state index in [4.69, 9.17) is 5.11 Å². The normalized spacial score (nSPS) is 10.7. The lowest BCUT2D eigenvalue weighted by Crippen LogP contribution is -2.32. The van der Waals surface area contributed by atoms with Gasteiger partial charge in [0.05, 0.1) is 11.8 Å². The summed E-state index contributed by atoms with van der Waals surface area (Å²) in [6.45, 7) is 2.76. The average Bonchev–Trinajstić information content (AvgIpc) is 2.89. The highest BCUT2D eigenvalue weighted by Gasteiger charge is 2.14. The number of fused-ring (bicyclic) bond motifs is 1. The number of rotatable bonds is 7. The molecule has 23 heavy (non-hydrogen) atoms. The molecule has 2 aromatic rings. The summed E-state index contributed by atoms with van der Waals surface area (Å²) in [7, 11) is 3.51. The molecule has 0 atom stereocenters. The van der Waals surface area contributed by atoms with Gasteiger partial charge in [-0.05, 0) is 13.0 Å². The first-order valence-corrected chi connectivity index (χ1v) is 8.08. The number of hydrogen-bond acceptors (Lipinski definition) is 6. The molecule has 0 bridgehead atoms. The number of nitrogens with zero attached hydrogens (tertiary/aromatic N) is 4. The van der Waals surface area contributed by atoms with Gasteiger partial charge in [0.15, 0.2) is 0 Å². The van der Waals surface area contributed by atoms with Crippen LogP contribution in [0.4, 0.5) is 5.82 Å². The molecule has 0 aliphatic heterocycles. The molecule has 0 aromatic carbocycles. The maximum absolute atomic E-state index is 12.0. The fraction of sp³-hybridized carbons (Fsp3) is 0.467. The van der Waals surface area contributed by atoms with Crippen LogP contribution in [0.5, 0.6) is 0 Å². The van der Waals surface area contributed by atoms with Crippen molar-refractivity contribution in [1.82, 2.24) is 14.9 Å². The van der Waals surface area contributed by atoms with E-state index in [2.05, 4.69) is 9.97 Å². The van der Waals surface area contributed by atoms with Gasteiger partial charge in [-0.25, -0.2) is 9.97 Å². The topological polar surface area (TPSA) is 86.6 Å². The third kappa shape index (κ3) is 4.38. The van der Waals surface area contributed by atoms with E-state index < -0.39 is 5.97 Å². The van der Waals surface area contributed by atoms with Crippen molar-refractivity contribution < 1.29 is 14.7 Å². The molecule has 8 heteroatoms. The number of aryl methyl sites for hydroxylation is 1. The number of thiophene rings is 1. The van der Waals surface area contributed by atoms with Gasteiger partial charge in [0.1, 0.15) is 17.0 Å². The molecule has 0 saturated carbocycles. The van der Waals surface area contributed by atoms with E-state index in [1.807, 2.05) is 24.9 Å². The summed E-state index contributed by atoms with van der Waals surface area (Å²) in [4.78, 5) is 36.6. The third-order valence-corrected chi connectivity index (χ3v) is 4.50. The maximum atomic E-state index is 12.0. The number of aliphatic carboxylic acids is 1. The van der Waals surface area contributed by atoms with Crippen LogP contribution in [0.25, 0.3) is 10.2 Å². The molecular weight excluding hydrogens is 316 g/mol. The minimum Gasteiger partial charge on any atom is -0.481 e. The van der Waals surface area contributed by atoms with Crippen LogP contribution in [0.1, 0.15) is 17.7 Å². The molecule has 7 nitrogen and oxygen atoms in total. The SMILES string of the molecule is Cc1cc2c(N(C)CCC(=O)N(C)CCC(=O)O)ncnc2s1. The van der Waals surface area contributed by atoms with Crippen LogP contribution < -0.4 is 4.90 Å². The summed E-state index contributed by atoms with van der Waals surface area (Å²) in [6.07, 6.45) is 1.80. The van der Waals surface area contributed by atoms with Crippen LogP contribution >= 0.6 is 11.3 Å². The highest BCUT2D eigenvalue weighted by Crippen LogP contribution is 2.29. The van der Waals surface area contributed by atoms with E-state index in [1.54, 1.807) is 18.4 Å². The number of carboxylic acid groups (broad SMARTS) is 1. The minimum absolute atomic E-state index is 0.0429. The molecule has 0 fully saturated rings. The van der Waals surface area contributed by atoms with E-state index in [-0.39, 0.29) is 18.9 Å². The second-order valence-corrected chi connectivity index (χ2v) is 6.64. The molecule has 0 unspecified atom stereocenters. The predicted octanol–water partition coefficient (Wildman–Crippen LogP) is 1.76. The second kappa shape index (κ2) is 7.36. The molecular formula is C15H20N4O3S. The predicted molar refractivity (Wildman–Crippen MR) is 89.9 cm³/mol. The first-order valence-electron chi connectivity index (χ1n) is 7.26. The van der Waals surface area contributed by atoms with Crippen LogP contribution in [0.15, 0.2) is 12.4 Å². The van der Waals surface area contributed by atoms with Crippen molar-refractivity contribution in [2.45, 2.75) is 19.8 Å². The van der Waals surface area contributed by atoms with Crippen molar-refractivity contribution in [1.29, 1.82) is 0 Å². The van der Waals surface area contributed by atoms with E-state index in [0.29, 0.717) is 13.0 Å². The Balaban J connectivity index is 1.97. The average molecular weight is 336 g/mol. The summed E-state index contributed by atoms with van der Waals surface area (Å²) >= 11 is 1.61. The molecule has 0 radical (unpaired) electrons. The Bertz CT molecular complexity index is 716. The summed E-state index contributed by atoms with van der Waals surface area (Å²) in [5.41, 5.74) is 0. The van der Waals surface area contributed by atoms with Crippen LogP contribution in [0, 0.1) is 6.92 Å². The standard InChI is InChI=1S/C15H20N4O3S/c1-10-8-11-14(16-9-17-15(11)23-10)19(3)6-4-12(20)18(2)7-5-13(21)22/h8-9H,4-7H2,1-3H3,(H,21,22). The van der Waals surface area contributed by atoms with E-state index in [0.717, 1.165) is 16.0 Å². The molecule has 0 spiro atoms. The molecule has 1 N–H and O–H groups in total. The number of anilines is 1. The number of hydrogen-bond donors (Lipinski definition) is 1. The largest absolute Gasteiger partial charge is 0.481 e. The number of carboxylic acids is 1.